The first-order valence-corrected chi connectivity index (χ1v) is 34.7. The van der Waals surface area contributed by atoms with Gasteiger partial charge in [0.15, 0.2) is 12.1 Å². The maximum Gasteiger partial charge on any atom is 1.00 e. The Labute approximate surface area is 699 Å². The number of aromatic carboxylic acids is 2. The van der Waals surface area contributed by atoms with Gasteiger partial charge in [-0.15, -0.1) is 0 Å². The molecule has 0 aliphatic carbocycles. The summed E-state index contributed by atoms with van der Waals surface area (Å²) in [5.41, 5.74) is -4.29. The summed E-state index contributed by atoms with van der Waals surface area (Å²) >= 11 is 0. The minimum atomic E-state index is -5.42. The van der Waals surface area contributed by atoms with Crippen molar-refractivity contribution in [1.29, 1.82) is 0 Å². The van der Waals surface area contributed by atoms with Crippen molar-refractivity contribution in [3.8, 4) is 0 Å². The normalized spacial score (nSPS) is 15.5. The molecule has 0 spiro atoms. The Bertz CT molecular complexity index is 5820. The van der Waals surface area contributed by atoms with Crippen molar-refractivity contribution >= 4 is 150 Å². The first-order valence-electron chi connectivity index (χ1n) is 27.6. The van der Waals surface area contributed by atoms with Gasteiger partial charge in [-0.25, -0.2) is 40.2 Å². The average molecular weight is 1560 g/mol. The van der Waals surface area contributed by atoms with Crippen molar-refractivity contribution in [2.45, 2.75) is 50.4 Å². The Morgan fingerprint density at radius 2 is 0.808 bits per heavy atom. The molecule has 8 aromatic rings. The predicted octanol–water partition coefficient (Wildman–Crippen LogP) is -11.6. The fourth-order valence-corrected chi connectivity index (χ4v) is 12.7. The molecule has 7 aromatic carbocycles. The predicted molar refractivity (Wildman–Crippen MR) is 338 cm³/mol. The number of carbonyl (C=O) groups is 4. The molecule has 0 radical (unpaired) electrons. The second-order valence-electron chi connectivity index (χ2n) is 20.7. The van der Waals surface area contributed by atoms with Gasteiger partial charge in [0, 0.05) is 11.1 Å². The van der Waals surface area contributed by atoms with Crippen molar-refractivity contribution in [2.24, 2.45) is 45.6 Å². The molecule has 0 fully saturated rings. The van der Waals surface area contributed by atoms with Gasteiger partial charge >= 0.3 is 148 Å². The zero-order valence-corrected chi connectivity index (χ0v) is 69.0. The van der Waals surface area contributed by atoms with Crippen molar-refractivity contribution in [2.75, 3.05) is 10.0 Å². The standard InChI is InChI=1S/C59H46N14O21S5.5Na/c1-31-51(68-66-45-11-7-6-10-43(45)55(76)77)53(74)72(70-31)40-22-18-35(49(28-40)98(89,90)91)14-12-33-16-20-38(26-47(33)96(83,84)85)61-58-63-57(60-37-8-4-3-5-9-37)64-59(65-58)62-39-21-17-34(48(27-39)97(86,87)88)13-15-36-19-23-41(29-50(36)99(92,93)94)73-54(75)52(32(2)71-73)69-67-46-25-24-42(95(80,81)82)30-44(46)56(78)79;;;;;/h3-30,51-52H,1-2H3,(H,76,77)(H,78,79)(H,80,81,82)(H,83,84,85)(H,86,87,88)(H,89,90,91)(H,92,93,94)(H3,60,61,62,63,64,65);;;;;/q;5*+1/p-5. The molecule has 45 heteroatoms. The van der Waals surface area contributed by atoms with Crippen molar-refractivity contribution in [3.63, 3.8) is 0 Å². The van der Waals surface area contributed by atoms with Crippen LogP contribution >= 0.6 is 0 Å². The molecule has 3 heterocycles. The van der Waals surface area contributed by atoms with E-state index in [0.717, 1.165) is 96.0 Å². The quantitative estimate of drug-likeness (QED) is 0.0205. The molecule has 2 unspecified atom stereocenters. The molecule has 104 heavy (non-hydrogen) atoms. The molecule has 35 nitrogen and oxygen atoms in total. The molecular weight excluding hydrogens is 1520 g/mol. The summed E-state index contributed by atoms with van der Waals surface area (Å²) in [5, 5.41) is 48.3. The van der Waals surface area contributed by atoms with E-state index in [1.165, 1.54) is 56.3 Å². The van der Waals surface area contributed by atoms with Gasteiger partial charge in [0.05, 0.1) is 77.9 Å². The first-order chi connectivity index (χ1) is 46.5. The van der Waals surface area contributed by atoms with Crippen LogP contribution in [-0.2, 0) is 60.2 Å². The molecule has 2 aliphatic heterocycles. The molecule has 2 amide bonds. The van der Waals surface area contributed by atoms with E-state index in [9.17, 15) is 94.2 Å². The fourth-order valence-electron chi connectivity index (χ4n) is 9.42. The first kappa shape index (κ1) is 88.0. The summed E-state index contributed by atoms with van der Waals surface area (Å²) in [4.78, 5) is 67.6. The zero-order valence-electron chi connectivity index (χ0n) is 54.9. The van der Waals surface area contributed by atoms with Crippen LogP contribution in [0.3, 0.4) is 0 Å². The summed E-state index contributed by atoms with van der Waals surface area (Å²) in [7, 11) is -26.2. The van der Waals surface area contributed by atoms with E-state index < -0.39 is 122 Å². The second-order valence-corrected chi connectivity index (χ2v) is 27.6. The fraction of sp³-hybridized carbons (Fsp3) is 0.0678. The monoisotopic (exact) mass is 1560 g/mol. The minimum Gasteiger partial charge on any atom is -0.744 e. The minimum absolute atomic E-state index is 0. The summed E-state index contributed by atoms with van der Waals surface area (Å²) in [5.74, 6) is -5.32. The topological polar surface area (TPSA) is 560 Å². The summed E-state index contributed by atoms with van der Waals surface area (Å²) < 4.78 is 184. The van der Waals surface area contributed by atoms with Crippen LogP contribution in [0.25, 0.3) is 24.3 Å². The van der Waals surface area contributed by atoms with Gasteiger partial charge < -0.3 is 33.5 Å². The maximum atomic E-state index is 13.6. The van der Waals surface area contributed by atoms with Crippen molar-refractivity contribution in [1.82, 2.24) is 15.0 Å². The van der Waals surface area contributed by atoms with Crippen LogP contribution in [0.5, 0.6) is 0 Å². The van der Waals surface area contributed by atoms with E-state index >= 15 is 0 Å². The molecule has 2 atom stereocenters. The van der Waals surface area contributed by atoms with Crippen LogP contribution in [0.4, 0.5) is 39.8 Å². The number of benzene rings is 7. The van der Waals surface area contributed by atoms with Gasteiger partial charge in [0.1, 0.15) is 40.1 Å². The molecular formula is C59H41N14Na5O21S5. The number of hydrazone groups is 2. The van der Waals surface area contributed by atoms with Gasteiger partial charge in [-0.2, -0.15) is 57.5 Å². The number of hydrogen-bond acceptors (Lipinski definition) is 28. The number of carboxylic acid groups (broad SMARTS) is 2. The maximum absolute atomic E-state index is 13.6. The van der Waals surface area contributed by atoms with Crippen molar-refractivity contribution < 1.29 is 242 Å². The molecule has 0 saturated carbocycles. The number of nitrogens with zero attached hydrogens (tertiary/aromatic N) is 11. The number of azo groups is 2. The van der Waals surface area contributed by atoms with Gasteiger partial charge in [0.25, 0.3) is 32.1 Å². The molecule has 0 saturated heterocycles. The average Bonchev–Trinajstić information content (AvgIpc) is 1.54. The number of para-hydroxylation sites is 1. The number of H-pyrrole nitrogens is 3. The Kier molecular flexibility index (Phi) is 30.4. The Balaban J connectivity index is 0.00000389. The van der Waals surface area contributed by atoms with E-state index in [2.05, 4.69) is 60.6 Å². The van der Waals surface area contributed by atoms with Gasteiger partial charge in [0.2, 0.25) is 16.9 Å². The molecule has 10 rings (SSSR count). The molecule has 1 aromatic heterocycles. The van der Waals surface area contributed by atoms with E-state index in [0.29, 0.717) is 16.8 Å². The third-order valence-electron chi connectivity index (χ3n) is 14.0. The Morgan fingerprint density at radius 1 is 0.442 bits per heavy atom. The SMILES string of the molecule is CC1=NN(c2ccc(C=Cc3ccc(N=c4[nH]c(=Nc5ccccc5)[nH]c(=Nc5ccc(C=Cc6ccc(N7N=C(C)C(N=Nc8ccc(S(=O)(=O)[O-])cc8C(=O)[O-])C7=O)cc6S(=O)(=O)O)c(S(=O)(=O)[O-])c5)[nH]4)cc3S(=O)(=O)[O-])c(S(=O)(=O)O)c2)C(=O)C1N=Nc1ccccc1C(=O)[O-].[Na+].[Na+].[Na+].[Na+].[Na+]. The van der Waals surface area contributed by atoms with E-state index in [1.807, 2.05) is 0 Å². The van der Waals surface area contributed by atoms with Gasteiger partial charge in [-0.3, -0.25) is 33.6 Å². The van der Waals surface area contributed by atoms with Crippen LogP contribution in [-0.4, -0.2) is 127 Å². The number of carboxylic acids is 2. The smallest absolute Gasteiger partial charge is 0.744 e. The second kappa shape index (κ2) is 35.9. The summed E-state index contributed by atoms with van der Waals surface area (Å²) in [6.45, 7) is 2.70. The molecule has 508 valence electrons. The van der Waals surface area contributed by atoms with Crippen molar-refractivity contribution in [3.05, 3.63) is 196 Å². The number of amides is 2. The third kappa shape index (κ3) is 21.4. The number of aromatic nitrogens is 3. The number of carbonyl (C=O) groups excluding carboxylic acids is 4. The van der Waals surface area contributed by atoms with E-state index in [1.54, 1.807) is 30.3 Å². The summed E-state index contributed by atoms with van der Waals surface area (Å²) in [6, 6.07) is 25.4. The molecule has 5 N–H and O–H groups in total. The van der Waals surface area contributed by atoms with E-state index in [-0.39, 0.29) is 232 Å². The van der Waals surface area contributed by atoms with E-state index in [4.69, 9.17) is 0 Å². The van der Waals surface area contributed by atoms with Crippen LogP contribution in [0.15, 0.2) is 216 Å². The number of anilines is 2. The van der Waals surface area contributed by atoms with Gasteiger partial charge in [-0.05, 0) is 121 Å². The zero-order chi connectivity index (χ0) is 71.7. The Hall–Kier alpha value is -6.60. The van der Waals surface area contributed by atoms with Crippen LogP contribution < -0.4 is 185 Å². The Morgan fingerprint density at radius 3 is 1.19 bits per heavy atom. The molecule has 2 aliphatic rings. The van der Waals surface area contributed by atoms with Crippen LogP contribution in [0.2, 0.25) is 0 Å². The molecule has 0 bridgehead atoms. The van der Waals surface area contributed by atoms with Crippen LogP contribution in [0.1, 0.15) is 56.8 Å². The number of aromatic amines is 3. The number of nitrogens with one attached hydrogen (secondary N) is 3. The third-order valence-corrected chi connectivity index (χ3v) is 18.4. The number of hydrogen-bond donors (Lipinski definition) is 5. The van der Waals surface area contributed by atoms with Gasteiger partial charge in [-0.1, -0.05) is 85.0 Å². The number of rotatable bonds is 20. The largest absolute Gasteiger partial charge is 1.00 e. The van der Waals surface area contributed by atoms with Crippen LogP contribution in [0, 0.1) is 0 Å². The summed E-state index contributed by atoms with van der Waals surface area (Å²) in [6.07, 6.45) is 4.09.